The van der Waals surface area contributed by atoms with E-state index in [1.54, 1.807) is 30.3 Å². The number of halogens is 1. The number of aliphatic hydroxyl groups excluding tert-OH is 1. The van der Waals surface area contributed by atoms with E-state index in [2.05, 4.69) is 5.32 Å². The Bertz CT molecular complexity index is 656. The monoisotopic (exact) mass is 307 g/mol. The maximum Gasteiger partial charge on any atom is 0.229 e. The predicted octanol–water partition coefficient (Wildman–Crippen LogP) is 4.08. The van der Waals surface area contributed by atoms with Gasteiger partial charge in [-0.1, -0.05) is 32.4 Å². The quantitative estimate of drug-likeness (QED) is 0.898. The van der Waals surface area contributed by atoms with Gasteiger partial charge in [-0.15, -0.1) is 0 Å². The van der Waals surface area contributed by atoms with E-state index in [9.17, 15) is 4.79 Å². The van der Waals surface area contributed by atoms with Crippen molar-refractivity contribution < 1.29 is 14.3 Å². The third-order valence-electron chi connectivity index (χ3n) is 2.99. The van der Waals surface area contributed by atoms with Gasteiger partial charge in [-0.2, -0.15) is 0 Å². The normalized spacial score (nSPS) is 11.5. The Morgan fingerprint density at radius 1 is 1.29 bits per heavy atom. The predicted molar refractivity (Wildman–Crippen MR) is 83.2 cm³/mol. The van der Waals surface area contributed by atoms with E-state index in [0.717, 1.165) is 0 Å². The van der Waals surface area contributed by atoms with Crippen molar-refractivity contribution in [3.8, 4) is 11.3 Å². The Kier molecular flexibility index (Phi) is 4.40. The van der Waals surface area contributed by atoms with Crippen molar-refractivity contribution in [1.82, 2.24) is 0 Å². The van der Waals surface area contributed by atoms with Crippen molar-refractivity contribution in [3.05, 3.63) is 41.1 Å². The zero-order valence-corrected chi connectivity index (χ0v) is 13.0. The molecule has 0 spiro atoms. The van der Waals surface area contributed by atoms with E-state index in [4.69, 9.17) is 21.1 Å². The van der Waals surface area contributed by atoms with Crippen molar-refractivity contribution in [2.75, 3.05) is 5.32 Å². The summed E-state index contributed by atoms with van der Waals surface area (Å²) >= 11 is 6.24. The second-order valence-corrected chi connectivity index (χ2v) is 6.23. The van der Waals surface area contributed by atoms with Crippen LogP contribution in [0.1, 0.15) is 26.5 Å². The maximum atomic E-state index is 11.9. The van der Waals surface area contributed by atoms with Gasteiger partial charge in [-0.05, 0) is 30.3 Å². The van der Waals surface area contributed by atoms with Crippen LogP contribution in [0.5, 0.6) is 0 Å². The number of anilines is 1. The summed E-state index contributed by atoms with van der Waals surface area (Å²) in [6.07, 6.45) is 0. The number of rotatable bonds is 3. The van der Waals surface area contributed by atoms with Gasteiger partial charge in [0.15, 0.2) is 0 Å². The van der Waals surface area contributed by atoms with Gasteiger partial charge in [-0.3, -0.25) is 4.79 Å². The van der Waals surface area contributed by atoms with E-state index < -0.39 is 5.41 Å². The molecule has 2 N–H and O–H groups in total. The summed E-state index contributed by atoms with van der Waals surface area (Å²) < 4.78 is 5.45. The molecular weight excluding hydrogens is 290 g/mol. The Balaban J connectivity index is 2.23. The minimum absolute atomic E-state index is 0.0770. The van der Waals surface area contributed by atoms with E-state index in [0.29, 0.717) is 27.8 Å². The first-order valence-electron chi connectivity index (χ1n) is 6.62. The molecule has 2 aromatic rings. The Morgan fingerprint density at radius 2 is 2.00 bits per heavy atom. The molecule has 2 rings (SSSR count). The number of carbonyl (C=O) groups is 1. The van der Waals surface area contributed by atoms with E-state index in [-0.39, 0.29) is 12.5 Å². The number of furan rings is 1. The number of hydrogen-bond acceptors (Lipinski definition) is 3. The molecule has 1 heterocycles. The van der Waals surface area contributed by atoms with Gasteiger partial charge in [0.25, 0.3) is 0 Å². The third-order valence-corrected chi connectivity index (χ3v) is 3.30. The van der Waals surface area contributed by atoms with Crippen LogP contribution in [0.15, 0.2) is 34.7 Å². The summed E-state index contributed by atoms with van der Waals surface area (Å²) in [6.45, 7) is 5.38. The topological polar surface area (TPSA) is 62.5 Å². The first-order valence-corrected chi connectivity index (χ1v) is 7.00. The van der Waals surface area contributed by atoms with Gasteiger partial charge in [0.2, 0.25) is 5.91 Å². The van der Waals surface area contributed by atoms with Gasteiger partial charge >= 0.3 is 0 Å². The first kappa shape index (κ1) is 15.6. The highest BCUT2D eigenvalue weighted by Crippen LogP contribution is 2.32. The Hall–Kier alpha value is -1.78. The molecule has 112 valence electrons. The van der Waals surface area contributed by atoms with Crippen molar-refractivity contribution >= 4 is 23.2 Å². The fraction of sp³-hybridized carbons (Fsp3) is 0.312. The molecule has 0 aliphatic carbocycles. The van der Waals surface area contributed by atoms with E-state index in [1.807, 2.05) is 20.8 Å². The maximum absolute atomic E-state index is 11.9. The molecule has 0 radical (unpaired) electrons. The van der Waals surface area contributed by atoms with Gasteiger partial charge in [-0.25, -0.2) is 0 Å². The zero-order chi connectivity index (χ0) is 15.6. The standard InChI is InChI=1S/C16H18ClNO3/c1-16(2,3)15(20)18-10-4-6-12(13(17)8-10)14-7-5-11(9-19)21-14/h4-8,19H,9H2,1-3H3,(H,18,20). The average Bonchev–Trinajstić information content (AvgIpc) is 2.86. The molecule has 0 bridgehead atoms. The van der Waals surface area contributed by atoms with Crippen molar-refractivity contribution in [1.29, 1.82) is 0 Å². The van der Waals surface area contributed by atoms with E-state index in [1.165, 1.54) is 0 Å². The van der Waals surface area contributed by atoms with Crippen LogP contribution in [-0.2, 0) is 11.4 Å². The summed E-state index contributed by atoms with van der Waals surface area (Å²) in [7, 11) is 0. The molecule has 1 amide bonds. The lowest BCUT2D eigenvalue weighted by Gasteiger charge is -2.18. The Morgan fingerprint density at radius 3 is 2.52 bits per heavy atom. The molecular formula is C16H18ClNO3. The fourth-order valence-corrected chi connectivity index (χ4v) is 1.99. The van der Waals surface area contributed by atoms with Crippen LogP contribution in [0, 0.1) is 5.41 Å². The highest BCUT2D eigenvalue weighted by molar-refractivity contribution is 6.33. The highest BCUT2D eigenvalue weighted by atomic mass is 35.5. The van der Waals surface area contributed by atoms with Crippen LogP contribution in [0.25, 0.3) is 11.3 Å². The number of amides is 1. The molecule has 0 atom stereocenters. The van der Waals surface area contributed by atoms with Crippen LogP contribution < -0.4 is 5.32 Å². The second kappa shape index (κ2) is 5.92. The van der Waals surface area contributed by atoms with Crippen LogP contribution in [0.4, 0.5) is 5.69 Å². The van der Waals surface area contributed by atoms with Gasteiger partial charge in [0, 0.05) is 16.7 Å². The van der Waals surface area contributed by atoms with Crippen LogP contribution in [0.3, 0.4) is 0 Å². The second-order valence-electron chi connectivity index (χ2n) is 5.82. The first-order chi connectivity index (χ1) is 9.81. The summed E-state index contributed by atoms with van der Waals surface area (Å²) in [5, 5.41) is 12.3. The number of hydrogen-bond donors (Lipinski definition) is 2. The van der Waals surface area contributed by atoms with Crippen molar-refractivity contribution in [2.24, 2.45) is 5.41 Å². The molecule has 0 fully saturated rings. The van der Waals surface area contributed by atoms with Crippen LogP contribution in [0.2, 0.25) is 5.02 Å². The van der Waals surface area contributed by atoms with Gasteiger partial charge < -0.3 is 14.8 Å². The average molecular weight is 308 g/mol. The molecule has 0 saturated heterocycles. The van der Waals surface area contributed by atoms with Gasteiger partial charge in [0.1, 0.15) is 18.1 Å². The lowest BCUT2D eigenvalue weighted by Crippen LogP contribution is -2.27. The number of nitrogens with one attached hydrogen (secondary N) is 1. The minimum Gasteiger partial charge on any atom is -0.459 e. The molecule has 1 aromatic heterocycles. The van der Waals surface area contributed by atoms with Crippen molar-refractivity contribution in [3.63, 3.8) is 0 Å². The van der Waals surface area contributed by atoms with E-state index >= 15 is 0 Å². The molecule has 0 aliphatic rings. The highest BCUT2D eigenvalue weighted by Gasteiger charge is 2.21. The molecule has 0 unspecified atom stereocenters. The SMILES string of the molecule is CC(C)(C)C(=O)Nc1ccc(-c2ccc(CO)o2)c(Cl)c1. The molecule has 0 aliphatic heterocycles. The van der Waals surface area contributed by atoms with Crippen molar-refractivity contribution in [2.45, 2.75) is 27.4 Å². The van der Waals surface area contributed by atoms with Gasteiger partial charge in [0.05, 0.1) is 5.02 Å². The largest absolute Gasteiger partial charge is 0.459 e. The summed E-state index contributed by atoms with van der Waals surface area (Å²) in [6, 6.07) is 8.68. The van der Waals surface area contributed by atoms with Crippen LogP contribution in [-0.4, -0.2) is 11.0 Å². The van der Waals surface area contributed by atoms with Crippen LogP contribution >= 0.6 is 11.6 Å². The number of benzene rings is 1. The minimum atomic E-state index is -0.470. The summed E-state index contributed by atoms with van der Waals surface area (Å²) in [5.74, 6) is 0.982. The molecule has 1 aromatic carbocycles. The molecule has 5 heteroatoms. The zero-order valence-electron chi connectivity index (χ0n) is 12.2. The summed E-state index contributed by atoms with van der Waals surface area (Å²) in [5.41, 5.74) is 0.880. The molecule has 0 saturated carbocycles. The smallest absolute Gasteiger partial charge is 0.229 e. The lowest BCUT2D eigenvalue weighted by atomic mass is 9.95. The number of aliphatic hydroxyl groups is 1. The molecule has 21 heavy (non-hydrogen) atoms. The molecule has 4 nitrogen and oxygen atoms in total. The summed E-state index contributed by atoms with van der Waals surface area (Å²) in [4.78, 5) is 11.9. The Labute approximate surface area is 128 Å². The third kappa shape index (κ3) is 3.65. The number of carbonyl (C=O) groups excluding carboxylic acids is 1. The lowest BCUT2D eigenvalue weighted by molar-refractivity contribution is -0.123. The fourth-order valence-electron chi connectivity index (χ4n) is 1.72.